The zero-order valence-electron chi connectivity index (χ0n) is 20.3. The molecule has 4 rings (SSSR count). The minimum Gasteiger partial charge on any atom is -0.473 e. The van der Waals surface area contributed by atoms with E-state index < -0.39 is 17.2 Å². The van der Waals surface area contributed by atoms with E-state index in [4.69, 9.17) is 9.47 Å². The zero-order chi connectivity index (χ0) is 24.5. The van der Waals surface area contributed by atoms with Crippen LogP contribution >= 0.6 is 0 Å². The van der Waals surface area contributed by atoms with Crippen LogP contribution < -0.4 is 15.4 Å². The van der Waals surface area contributed by atoms with Gasteiger partial charge in [0.15, 0.2) is 0 Å². The summed E-state index contributed by atoms with van der Waals surface area (Å²) in [5.74, 6) is 0.836. The van der Waals surface area contributed by atoms with Crippen molar-refractivity contribution in [3.63, 3.8) is 0 Å². The molecule has 34 heavy (non-hydrogen) atoms. The van der Waals surface area contributed by atoms with Crippen LogP contribution in [0, 0.1) is 0 Å². The quantitative estimate of drug-likeness (QED) is 0.433. The standard InChI is InChI=1S/C25H33N5O4/c1-15-11-18(12-16(2)33-15)34-22-19-14-26-21(13-20(19)29-30-22)27-23(31)28-25(5,24(3,4)32)17-9-7-6-8-10-17/h6-10,13-16,18,32H,11-12H2,1-5H3,(H,29,30)(H2,26,27,28,31). The molecule has 3 aromatic rings. The van der Waals surface area contributed by atoms with Crippen molar-refractivity contribution in [2.75, 3.05) is 5.32 Å². The fourth-order valence-corrected chi connectivity index (χ4v) is 4.37. The lowest BCUT2D eigenvalue weighted by Crippen LogP contribution is -2.58. The summed E-state index contributed by atoms with van der Waals surface area (Å²) in [6.07, 6.45) is 3.52. The van der Waals surface area contributed by atoms with E-state index in [-0.39, 0.29) is 18.3 Å². The molecule has 1 saturated heterocycles. The highest BCUT2D eigenvalue weighted by Gasteiger charge is 2.42. The molecule has 0 saturated carbocycles. The topological polar surface area (TPSA) is 121 Å². The fraction of sp³-hybridized carbons (Fsp3) is 0.480. The number of benzene rings is 1. The van der Waals surface area contributed by atoms with Gasteiger partial charge in [0.1, 0.15) is 11.9 Å². The summed E-state index contributed by atoms with van der Waals surface area (Å²) in [5.41, 5.74) is -0.775. The molecule has 1 aliphatic heterocycles. The zero-order valence-corrected chi connectivity index (χ0v) is 20.3. The minimum atomic E-state index is -1.22. The van der Waals surface area contributed by atoms with Crippen molar-refractivity contribution in [3.8, 4) is 5.88 Å². The molecule has 3 atom stereocenters. The van der Waals surface area contributed by atoms with Gasteiger partial charge in [-0.05, 0) is 40.2 Å². The van der Waals surface area contributed by atoms with Gasteiger partial charge in [0, 0.05) is 25.1 Å². The van der Waals surface area contributed by atoms with Crippen LogP contribution in [-0.4, -0.2) is 50.2 Å². The van der Waals surface area contributed by atoms with Gasteiger partial charge in [-0.1, -0.05) is 30.3 Å². The Bertz CT molecular complexity index is 1130. The van der Waals surface area contributed by atoms with E-state index in [0.717, 1.165) is 23.8 Å². The Hall–Kier alpha value is -3.17. The number of aromatic amines is 1. The van der Waals surface area contributed by atoms with Crippen LogP contribution in [0.3, 0.4) is 0 Å². The molecule has 0 aliphatic carbocycles. The number of fused-ring (bicyclic) bond motifs is 1. The lowest BCUT2D eigenvalue weighted by Gasteiger charge is -2.41. The summed E-state index contributed by atoms with van der Waals surface area (Å²) in [4.78, 5) is 17.2. The Morgan fingerprint density at radius 2 is 1.85 bits per heavy atom. The molecule has 1 aromatic carbocycles. The Morgan fingerprint density at radius 3 is 2.50 bits per heavy atom. The predicted molar refractivity (Wildman–Crippen MR) is 130 cm³/mol. The second-order valence-electron chi connectivity index (χ2n) is 9.74. The third-order valence-corrected chi connectivity index (χ3v) is 6.52. The molecule has 3 unspecified atom stereocenters. The lowest BCUT2D eigenvalue weighted by atomic mass is 9.78. The van der Waals surface area contributed by atoms with Gasteiger partial charge < -0.3 is 19.9 Å². The van der Waals surface area contributed by atoms with Gasteiger partial charge in [0.2, 0.25) is 5.88 Å². The second-order valence-corrected chi connectivity index (χ2v) is 9.74. The van der Waals surface area contributed by atoms with E-state index in [9.17, 15) is 9.90 Å². The number of urea groups is 1. The van der Waals surface area contributed by atoms with Crippen LogP contribution in [0.25, 0.3) is 10.9 Å². The maximum atomic E-state index is 12.9. The number of amides is 2. The molecule has 3 heterocycles. The summed E-state index contributed by atoms with van der Waals surface area (Å²) >= 11 is 0. The smallest absolute Gasteiger partial charge is 0.321 e. The van der Waals surface area contributed by atoms with Crippen molar-refractivity contribution in [1.82, 2.24) is 20.5 Å². The van der Waals surface area contributed by atoms with Crippen molar-refractivity contribution in [2.45, 2.75) is 76.9 Å². The van der Waals surface area contributed by atoms with Gasteiger partial charge in [-0.25, -0.2) is 9.78 Å². The maximum Gasteiger partial charge on any atom is 0.321 e. The first-order valence-electron chi connectivity index (χ1n) is 11.6. The van der Waals surface area contributed by atoms with Crippen LogP contribution in [0.2, 0.25) is 0 Å². The van der Waals surface area contributed by atoms with E-state index >= 15 is 0 Å². The van der Waals surface area contributed by atoms with Crippen molar-refractivity contribution >= 4 is 22.8 Å². The summed E-state index contributed by atoms with van der Waals surface area (Å²) in [6.45, 7) is 9.20. The third kappa shape index (κ3) is 5.00. The van der Waals surface area contributed by atoms with E-state index in [2.05, 4.69) is 25.8 Å². The fourth-order valence-electron chi connectivity index (χ4n) is 4.37. The molecule has 4 N–H and O–H groups in total. The highest BCUT2D eigenvalue weighted by molar-refractivity contribution is 5.92. The van der Waals surface area contributed by atoms with Crippen LogP contribution in [0.4, 0.5) is 10.6 Å². The highest BCUT2D eigenvalue weighted by Crippen LogP contribution is 2.33. The van der Waals surface area contributed by atoms with E-state index in [1.54, 1.807) is 33.0 Å². The Morgan fingerprint density at radius 1 is 1.18 bits per heavy atom. The molecule has 182 valence electrons. The predicted octanol–water partition coefficient (Wildman–Crippen LogP) is 4.10. The third-order valence-electron chi connectivity index (χ3n) is 6.52. The van der Waals surface area contributed by atoms with Crippen LogP contribution in [0.15, 0.2) is 42.6 Å². The Balaban J connectivity index is 1.47. The SMILES string of the molecule is CC1CC(Oc2n[nH]c3cc(NC(=O)NC(C)(c4ccccc4)C(C)(C)O)ncc23)CC(C)O1. The molecule has 9 heteroatoms. The number of ether oxygens (including phenoxy) is 2. The summed E-state index contributed by atoms with van der Waals surface area (Å²) < 4.78 is 11.9. The average molecular weight is 468 g/mol. The highest BCUT2D eigenvalue weighted by atomic mass is 16.5. The monoisotopic (exact) mass is 467 g/mol. The van der Waals surface area contributed by atoms with Crippen molar-refractivity contribution in [3.05, 3.63) is 48.2 Å². The normalized spacial score (nSPS) is 22.7. The van der Waals surface area contributed by atoms with E-state index in [1.807, 2.05) is 44.2 Å². The molecule has 2 aromatic heterocycles. The van der Waals surface area contributed by atoms with Gasteiger partial charge in [-0.2, -0.15) is 0 Å². The van der Waals surface area contributed by atoms with E-state index in [0.29, 0.717) is 17.2 Å². The lowest BCUT2D eigenvalue weighted by molar-refractivity contribution is -0.0727. The molecular weight excluding hydrogens is 434 g/mol. The number of carbonyl (C=O) groups excluding carboxylic acids is 1. The molecule has 2 amide bonds. The first-order chi connectivity index (χ1) is 16.0. The minimum absolute atomic E-state index is 0.0197. The molecule has 1 fully saturated rings. The van der Waals surface area contributed by atoms with Crippen LogP contribution in [0.1, 0.15) is 53.0 Å². The Labute approximate surface area is 199 Å². The number of hydrogen-bond acceptors (Lipinski definition) is 6. The van der Waals surface area contributed by atoms with Gasteiger partial charge >= 0.3 is 6.03 Å². The van der Waals surface area contributed by atoms with Crippen LogP contribution in [0.5, 0.6) is 5.88 Å². The van der Waals surface area contributed by atoms with Gasteiger partial charge in [0.25, 0.3) is 0 Å². The first kappa shape index (κ1) is 24.0. The molecule has 0 radical (unpaired) electrons. The van der Waals surface area contributed by atoms with Gasteiger partial charge in [-0.15, -0.1) is 5.10 Å². The summed E-state index contributed by atoms with van der Waals surface area (Å²) in [6, 6.07) is 10.6. The largest absolute Gasteiger partial charge is 0.473 e. The summed E-state index contributed by atoms with van der Waals surface area (Å²) in [7, 11) is 0. The Kier molecular flexibility index (Phi) is 6.51. The van der Waals surface area contributed by atoms with Crippen molar-refractivity contribution in [2.24, 2.45) is 0 Å². The number of anilines is 1. The molecule has 0 bridgehead atoms. The number of hydrogen-bond donors (Lipinski definition) is 4. The molecular formula is C25H33N5O4. The number of aromatic nitrogens is 3. The van der Waals surface area contributed by atoms with Crippen LogP contribution in [-0.2, 0) is 10.3 Å². The number of aliphatic hydroxyl groups is 1. The van der Waals surface area contributed by atoms with E-state index in [1.165, 1.54) is 0 Å². The molecule has 0 spiro atoms. The maximum absolute atomic E-state index is 12.9. The molecule has 9 nitrogen and oxygen atoms in total. The number of nitrogens with one attached hydrogen (secondary N) is 3. The van der Waals surface area contributed by atoms with Gasteiger partial charge in [-0.3, -0.25) is 10.4 Å². The summed E-state index contributed by atoms with van der Waals surface area (Å²) in [5, 5.41) is 24.5. The van der Waals surface area contributed by atoms with Crippen molar-refractivity contribution in [1.29, 1.82) is 0 Å². The second kappa shape index (κ2) is 9.23. The number of H-pyrrole nitrogens is 1. The number of pyridine rings is 1. The first-order valence-corrected chi connectivity index (χ1v) is 11.6. The number of nitrogens with zero attached hydrogens (tertiary/aromatic N) is 2. The number of rotatable bonds is 6. The molecule has 1 aliphatic rings. The van der Waals surface area contributed by atoms with Crippen molar-refractivity contribution < 1.29 is 19.4 Å². The average Bonchev–Trinajstić information content (AvgIpc) is 3.14. The number of carbonyl (C=O) groups is 1. The van der Waals surface area contributed by atoms with Gasteiger partial charge in [0.05, 0.1) is 34.3 Å².